The highest BCUT2D eigenvalue weighted by molar-refractivity contribution is 7.89. The van der Waals surface area contributed by atoms with Crippen molar-refractivity contribution in [3.63, 3.8) is 0 Å². The molecule has 0 spiro atoms. The highest BCUT2D eigenvalue weighted by Crippen LogP contribution is 2.05. The lowest BCUT2D eigenvalue weighted by Crippen LogP contribution is -2.27. The topological polar surface area (TPSA) is 83.5 Å². The number of nitrogens with one attached hydrogen (secondary N) is 1. The van der Waals surface area contributed by atoms with Crippen molar-refractivity contribution in [1.29, 1.82) is 0 Å². The summed E-state index contributed by atoms with van der Waals surface area (Å²) in [4.78, 5) is 10.7. The highest BCUT2D eigenvalue weighted by Gasteiger charge is 2.06. The van der Waals surface area contributed by atoms with E-state index in [1.165, 1.54) is 6.07 Å². The molecule has 0 unspecified atom stereocenters. The van der Waals surface area contributed by atoms with Gasteiger partial charge in [-0.2, -0.15) is 0 Å². The van der Waals surface area contributed by atoms with Crippen LogP contribution < -0.4 is 4.72 Å². The van der Waals surface area contributed by atoms with Gasteiger partial charge in [0.1, 0.15) is 0 Å². The first-order valence-corrected chi connectivity index (χ1v) is 6.89. The number of carboxylic acids is 1. The van der Waals surface area contributed by atoms with Crippen LogP contribution in [0, 0.1) is 0 Å². The van der Waals surface area contributed by atoms with E-state index in [4.69, 9.17) is 5.11 Å². The van der Waals surface area contributed by atoms with Crippen LogP contribution >= 0.6 is 0 Å². The molecule has 0 amide bonds. The van der Waals surface area contributed by atoms with Crippen molar-refractivity contribution in [3.8, 4) is 0 Å². The van der Waals surface area contributed by atoms with Gasteiger partial charge in [0.25, 0.3) is 0 Å². The Bertz CT molecular complexity index is 496. The molecule has 2 N–H and O–H groups in total. The summed E-state index contributed by atoms with van der Waals surface area (Å²) in [6.45, 7) is 1.84. The van der Waals surface area contributed by atoms with Crippen LogP contribution in [0.5, 0.6) is 0 Å². The number of sulfonamides is 1. The summed E-state index contributed by atoms with van der Waals surface area (Å²) in [5.41, 5.74) is 1.00. The number of carbonyl (C=O) groups is 1. The molecule has 0 fully saturated rings. The summed E-state index contributed by atoms with van der Waals surface area (Å²) in [6, 6.07) is 6.46. The molecule has 0 atom stereocenters. The molecule has 1 rings (SSSR count). The summed E-state index contributed by atoms with van der Waals surface area (Å²) in [5, 5.41) is 8.79. The Morgan fingerprint density at radius 3 is 2.71 bits per heavy atom. The molecule has 17 heavy (non-hydrogen) atoms. The van der Waals surface area contributed by atoms with Gasteiger partial charge >= 0.3 is 5.97 Å². The van der Waals surface area contributed by atoms with Crippen LogP contribution in [0.1, 0.15) is 22.8 Å². The fraction of sp³-hybridized carbons (Fsp3) is 0.364. The molecular weight excluding hydrogens is 242 g/mol. The molecule has 6 heteroatoms. The van der Waals surface area contributed by atoms with Crippen molar-refractivity contribution in [2.75, 3.05) is 12.3 Å². The summed E-state index contributed by atoms with van der Waals surface area (Å²) in [5.74, 6) is -0.941. The molecule has 94 valence electrons. The second kappa shape index (κ2) is 5.79. The van der Waals surface area contributed by atoms with E-state index >= 15 is 0 Å². The fourth-order valence-corrected chi connectivity index (χ4v) is 1.93. The predicted molar refractivity (Wildman–Crippen MR) is 64.6 cm³/mol. The van der Waals surface area contributed by atoms with E-state index in [0.29, 0.717) is 6.42 Å². The van der Waals surface area contributed by atoms with Crippen molar-refractivity contribution in [2.24, 2.45) is 0 Å². The van der Waals surface area contributed by atoms with Gasteiger partial charge in [-0.15, -0.1) is 0 Å². The highest BCUT2D eigenvalue weighted by atomic mass is 32.2. The molecule has 0 aliphatic rings. The van der Waals surface area contributed by atoms with Gasteiger partial charge in [-0.05, 0) is 31.0 Å². The van der Waals surface area contributed by atoms with Crippen LogP contribution in [-0.4, -0.2) is 31.8 Å². The molecule has 0 heterocycles. The average molecular weight is 257 g/mol. The lowest BCUT2D eigenvalue weighted by atomic mass is 10.1. The van der Waals surface area contributed by atoms with E-state index < -0.39 is 16.0 Å². The smallest absolute Gasteiger partial charge is 0.335 e. The minimum atomic E-state index is -3.18. The zero-order chi connectivity index (χ0) is 12.9. The summed E-state index contributed by atoms with van der Waals surface area (Å²) >= 11 is 0. The maximum absolute atomic E-state index is 11.2. The number of carboxylic acid groups (broad SMARTS) is 1. The zero-order valence-electron chi connectivity index (χ0n) is 9.51. The number of hydrogen-bond donors (Lipinski definition) is 2. The maximum atomic E-state index is 11.2. The van der Waals surface area contributed by atoms with Gasteiger partial charge in [0, 0.05) is 6.54 Å². The minimum Gasteiger partial charge on any atom is -0.478 e. The van der Waals surface area contributed by atoms with Crippen LogP contribution in [0.15, 0.2) is 24.3 Å². The van der Waals surface area contributed by atoms with Gasteiger partial charge in [-0.3, -0.25) is 0 Å². The van der Waals surface area contributed by atoms with Crippen LogP contribution in [0.4, 0.5) is 0 Å². The molecule has 1 aromatic carbocycles. The Kier molecular flexibility index (Phi) is 4.65. The molecule has 0 aliphatic carbocycles. The Hall–Kier alpha value is -1.40. The van der Waals surface area contributed by atoms with E-state index in [1.54, 1.807) is 25.1 Å². The zero-order valence-corrected chi connectivity index (χ0v) is 10.3. The molecule has 5 nitrogen and oxygen atoms in total. The van der Waals surface area contributed by atoms with Crippen molar-refractivity contribution >= 4 is 16.0 Å². The van der Waals surface area contributed by atoms with Crippen LogP contribution in [-0.2, 0) is 16.4 Å². The number of aromatic carboxylic acids is 1. The second-order valence-electron chi connectivity index (χ2n) is 3.55. The molecule has 0 saturated heterocycles. The molecule has 0 aliphatic heterocycles. The first-order valence-electron chi connectivity index (χ1n) is 5.24. The Balaban J connectivity index is 2.58. The molecule has 0 saturated carbocycles. The Morgan fingerprint density at radius 1 is 1.41 bits per heavy atom. The number of rotatable bonds is 6. The summed E-state index contributed by atoms with van der Waals surface area (Å²) in [7, 11) is -3.18. The van der Waals surface area contributed by atoms with E-state index in [1.807, 2.05) is 0 Å². The maximum Gasteiger partial charge on any atom is 0.335 e. The molecular formula is C11H15NO4S. The van der Waals surface area contributed by atoms with Gasteiger partial charge in [0.05, 0.1) is 11.3 Å². The number of benzene rings is 1. The van der Waals surface area contributed by atoms with Gasteiger partial charge < -0.3 is 5.11 Å². The molecule has 0 bridgehead atoms. The normalized spacial score (nSPS) is 11.4. The van der Waals surface area contributed by atoms with Crippen LogP contribution in [0.3, 0.4) is 0 Å². The van der Waals surface area contributed by atoms with Crippen LogP contribution in [0.25, 0.3) is 0 Å². The van der Waals surface area contributed by atoms with Crippen molar-refractivity contribution < 1.29 is 18.3 Å². The summed E-state index contributed by atoms with van der Waals surface area (Å²) < 4.78 is 24.7. The lowest BCUT2D eigenvalue weighted by Gasteiger charge is -2.05. The fourth-order valence-electron chi connectivity index (χ4n) is 1.31. The molecule has 0 aromatic heterocycles. The SMILES string of the molecule is CCS(=O)(=O)NCCc1cccc(C(=O)O)c1. The van der Waals surface area contributed by atoms with Crippen molar-refractivity contribution in [3.05, 3.63) is 35.4 Å². The average Bonchev–Trinajstić information content (AvgIpc) is 2.29. The molecule has 1 aromatic rings. The van der Waals surface area contributed by atoms with Crippen molar-refractivity contribution in [1.82, 2.24) is 4.72 Å². The Labute approximate surface area is 101 Å². The monoisotopic (exact) mass is 257 g/mol. The van der Waals surface area contributed by atoms with E-state index in [-0.39, 0.29) is 17.9 Å². The van der Waals surface area contributed by atoms with Gasteiger partial charge in [-0.25, -0.2) is 17.9 Å². The largest absolute Gasteiger partial charge is 0.478 e. The van der Waals surface area contributed by atoms with E-state index in [2.05, 4.69) is 4.72 Å². The first kappa shape index (κ1) is 13.7. The van der Waals surface area contributed by atoms with Gasteiger partial charge in [-0.1, -0.05) is 12.1 Å². The third-order valence-electron chi connectivity index (χ3n) is 2.29. The van der Waals surface area contributed by atoms with E-state index in [0.717, 1.165) is 5.56 Å². The Morgan fingerprint density at radius 2 is 2.12 bits per heavy atom. The summed E-state index contributed by atoms with van der Waals surface area (Å²) in [6.07, 6.45) is 0.473. The lowest BCUT2D eigenvalue weighted by molar-refractivity contribution is 0.0696. The first-order chi connectivity index (χ1) is 7.94. The third-order valence-corrected chi connectivity index (χ3v) is 3.69. The minimum absolute atomic E-state index is 0.0438. The van der Waals surface area contributed by atoms with Crippen LogP contribution in [0.2, 0.25) is 0 Å². The van der Waals surface area contributed by atoms with Crippen molar-refractivity contribution in [2.45, 2.75) is 13.3 Å². The van der Waals surface area contributed by atoms with Gasteiger partial charge in [0.15, 0.2) is 0 Å². The molecule has 0 radical (unpaired) electrons. The van der Waals surface area contributed by atoms with E-state index in [9.17, 15) is 13.2 Å². The quantitative estimate of drug-likeness (QED) is 0.792. The van der Waals surface area contributed by atoms with Gasteiger partial charge in [0.2, 0.25) is 10.0 Å². The predicted octanol–water partition coefficient (Wildman–Crippen LogP) is 0.867. The standard InChI is InChI=1S/C11H15NO4S/c1-2-17(15,16)12-7-6-9-4-3-5-10(8-9)11(13)14/h3-5,8,12H,2,6-7H2,1H3,(H,13,14). The third kappa shape index (κ3) is 4.54. The number of hydrogen-bond acceptors (Lipinski definition) is 3. The second-order valence-corrected chi connectivity index (χ2v) is 5.65.